The summed E-state index contributed by atoms with van der Waals surface area (Å²) < 4.78 is 39.0. The van der Waals surface area contributed by atoms with Crippen molar-refractivity contribution in [3.8, 4) is 11.1 Å². The molecule has 0 spiro atoms. The molecule has 0 fully saturated rings. The van der Waals surface area contributed by atoms with E-state index in [0.717, 1.165) is 49.7 Å². The van der Waals surface area contributed by atoms with E-state index in [2.05, 4.69) is 47.1 Å². The molecule has 0 bridgehead atoms. The number of pyridine rings is 1. The predicted octanol–water partition coefficient (Wildman–Crippen LogP) is 6.41. The molecule has 0 saturated heterocycles. The molecule has 160 valence electrons. The van der Waals surface area contributed by atoms with Crippen LogP contribution in [0.4, 0.5) is 13.2 Å². The Kier molecular flexibility index (Phi) is 6.23. The number of benzene rings is 2. The van der Waals surface area contributed by atoms with Gasteiger partial charge in [-0.25, -0.2) is 0 Å². The molecule has 5 heteroatoms. The van der Waals surface area contributed by atoms with Gasteiger partial charge >= 0.3 is 6.18 Å². The van der Waals surface area contributed by atoms with E-state index >= 15 is 0 Å². The number of rotatable bonds is 5. The van der Waals surface area contributed by atoms with Crippen LogP contribution in [-0.2, 0) is 12.6 Å². The van der Waals surface area contributed by atoms with Gasteiger partial charge in [-0.2, -0.15) is 13.2 Å². The highest BCUT2D eigenvalue weighted by atomic mass is 19.4. The highest BCUT2D eigenvalue weighted by molar-refractivity contribution is 5.68. The number of aryl methyl sites for hydroxylation is 1. The molecule has 1 aliphatic rings. The first-order chi connectivity index (χ1) is 14.9. The highest BCUT2D eigenvalue weighted by Crippen LogP contribution is 2.32. The molecule has 2 aromatic carbocycles. The van der Waals surface area contributed by atoms with Crippen molar-refractivity contribution >= 4 is 5.57 Å². The van der Waals surface area contributed by atoms with E-state index in [1.54, 1.807) is 12.3 Å². The Morgan fingerprint density at radius 3 is 2.55 bits per heavy atom. The molecule has 0 radical (unpaired) electrons. The van der Waals surface area contributed by atoms with Gasteiger partial charge in [0.2, 0.25) is 0 Å². The fraction of sp³-hybridized carbons (Fsp3) is 0.269. The molecule has 1 aromatic heterocycles. The maximum Gasteiger partial charge on any atom is 0.416 e. The number of nitrogens with zero attached hydrogens (tertiary/aromatic N) is 2. The summed E-state index contributed by atoms with van der Waals surface area (Å²) in [5, 5.41) is 0. The standard InChI is InChI=1S/C26H25F3N2/c1-19-7-8-20(16-25(19)23-5-3-12-30-18-23)9-13-31-14-10-21(11-15-31)22-4-2-6-24(17-22)26(27,28)29/h2-8,10,12,16-18H,9,11,13-15H2,1H3. The molecule has 2 heterocycles. The first-order valence-corrected chi connectivity index (χ1v) is 10.5. The maximum atomic E-state index is 13.0. The first kappa shape index (κ1) is 21.3. The zero-order chi connectivity index (χ0) is 21.8. The van der Waals surface area contributed by atoms with Gasteiger partial charge in [-0.05, 0) is 65.8 Å². The molecule has 3 aromatic rings. The van der Waals surface area contributed by atoms with E-state index in [-0.39, 0.29) is 0 Å². The molecule has 0 saturated carbocycles. The van der Waals surface area contributed by atoms with E-state index in [4.69, 9.17) is 0 Å². The third-order valence-electron chi connectivity index (χ3n) is 5.85. The molecule has 0 aliphatic carbocycles. The summed E-state index contributed by atoms with van der Waals surface area (Å²) in [6.45, 7) is 4.63. The van der Waals surface area contributed by atoms with Gasteiger partial charge < -0.3 is 0 Å². The lowest BCUT2D eigenvalue weighted by atomic mass is 9.96. The number of hydrogen-bond donors (Lipinski definition) is 0. The largest absolute Gasteiger partial charge is 0.416 e. The van der Waals surface area contributed by atoms with Gasteiger partial charge in [-0.15, -0.1) is 0 Å². The van der Waals surface area contributed by atoms with Crippen LogP contribution in [0.1, 0.15) is 28.7 Å². The van der Waals surface area contributed by atoms with Crippen molar-refractivity contribution in [1.82, 2.24) is 9.88 Å². The average Bonchev–Trinajstić information content (AvgIpc) is 2.79. The maximum absolute atomic E-state index is 13.0. The Morgan fingerprint density at radius 2 is 1.84 bits per heavy atom. The zero-order valence-corrected chi connectivity index (χ0v) is 17.5. The molecule has 4 rings (SSSR count). The third kappa shape index (κ3) is 5.23. The first-order valence-electron chi connectivity index (χ1n) is 10.5. The van der Waals surface area contributed by atoms with E-state index in [1.165, 1.54) is 28.8 Å². The summed E-state index contributed by atoms with van der Waals surface area (Å²) in [7, 11) is 0. The smallest absolute Gasteiger partial charge is 0.299 e. The van der Waals surface area contributed by atoms with Gasteiger partial charge in [0, 0.05) is 37.6 Å². The minimum atomic E-state index is -4.31. The molecular weight excluding hydrogens is 397 g/mol. The van der Waals surface area contributed by atoms with Gasteiger partial charge in [0.25, 0.3) is 0 Å². The van der Waals surface area contributed by atoms with Gasteiger partial charge in [0.05, 0.1) is 5.56 Å². The van der Waals surface area contributed by atoms with Crippen LogP contribution in [0, 0.1) is 6.92 Å². The highest BCUT2D eigenvalue weighted by Gasteiger charge is 2.30. The lowest BCUT2D eigenvalue weighted by Crippen LogP contribution is -2.30. The number of aromatic nitrogens is 1. The summed E-state index contributed by atoms with van der Waals surface area (Å²) in [6.07, 6.45) is 3.11. The van der Waals surface area contributed by atoms with Gasteiger partial charge in [0.15, 0.2) is 0 Å². The van der Waals surface area contributed by atoms with Crippen LogP contribution < -0.4 is 0 Å². The SMILES string of the molecule is Cc1ccc(CCN2CC=C(c3cccc(C(F)(F)F)c3)CC2)cc1-c1cccnc1. The Hall–Kier alpha value is -2.92. The summed E-state index contributed by atoms with van der Waals surface area (Å²) in [5.41, 5.74) is 5.91. The number of alkyl halides is 3. The summed E-state index contributed by atoms with van der Waals surface area (Å²) in [5.74, 6) is 0. The summed E-state index contributed by atoms with van der Waals surface area (Å²) in [4.78, 5) is 6.57. The van der Waals surface area contributed by atoms with Gasteiger partial charge in [-0.3, -0.25) is 9.88 Å². The summed E-state index contributed by atoms with van der Waals surface area (Å²) in [6, 6.07) is 16.2. The van der Waals surface area contributed by atoms with Crippen LogP contribution in [0.15, 0.2) is 73.1 Å². The molecular formula is C26H25F3N2. The van der Waals surface area contributed by atoms with Gasteiger partial charge in [-0.1, -0.05) is 42.5 Å². The van der Waals surface area contributed by atoms with Crippen molar-refractivity contribution in [1.29, 1.82) is 0 Å². The van der Waals surface area contributed by atoms with Crippen molar-refractivity contribution in [2.24, 2.45) is 0 Å². The lowest BCUT2D eigenvalue weighted by molar-refractivity contribution is -0.137. The Balaban J connectivity index is 1.39. The molecule has 0 atom stereocenters. The average molecular weight is 422 g/mol. The van der Waals surface area contributed by atoms with Crippen LogP contribution in [0.25, 0.3) is 16.7 Å². The van der Waals surface area contributed by atoms with Crippen LogP contribution >= 0.6 is 0 Å². The van der Waals surface area contributed by atoms with Crippen molar-refractivity contribution in [3.05, 3.63) is 95.3 Å². The van der Waals surface area contributed by atoms with E-state index < -0.39 is 11.7 Å². The predicted molar refractivity (Wildman–Crippen MR) is 119 cm³/mol. The molecule has 0 N–H and O–H groups in total. The normalized spacial score (nSPS) is 15.0. The Bertz CT molecular complexity index is 1070. The Labute approximate surface area is 181 Å². The van der Waals surface area contributed by atoms with Crippen molar-refractivity contribution in [2.75, 3.05) is 19.6 Å². The van der Waals surface area contributed by atoms with Gasteiger partial charge in [0.1, 0.15) is 0 Å². The van der Waals surface area contributed by atoms with Crippen LogP contribution in [-0.4, -0.2) is 29.5 Å². The molecule has 2 nitrogen and oxygen atoms in total. The second-order valence-electron chi connectivity index (χ2n) is 8.00. The van der Waals surface area contributed by atoms with E-state index in [1.807, 2.05) is 12.3 Å². The van der Waals surface area contributed by atoms with Crippen LogP contribution in [0.5, 0.6) is 0 Å². The fourth-order valence-electron chi connectivity index (χ4n) is 4.02. The van der Waals surface area contributed by atoms with E-state index in [0.29, 0.717) is 5.56 Å². The van der Waals surface area contributed by atoms with Crippen LogP contribution in [0.3, 0.4) is 0 Å². The quantitative estimate of drug-likeness (QED) is 0.472. The number of halogens is 3. The topological polar surface area (TPSA) is 16.1 Å². The minimum Gasteiger partial charge on any atom is -0.299 e. The van der Waals surface area contributed by atoms with E-state index in [9.17, 15) is 13.2 Å². The molecule has 31 heavy (non-hydrogen) atoms. The molecule has 0 unspecified atom stereocenters. The van der Waals surface area contributed by atoms with Crippen molar-refractivity contribution in [2.45, 2.75) is 25.9 Å². The second kappa shape index (κ2) is 9.06. The molecule has 1 aliphatic heterocycles. The Morgan fingerprint density at radius 1 is 1.00 bits per heavy atom. The fourth-order valence-corrected chi connectivity index (χ4v) is 4.02. The van der Waals surface area contributed by atoms with Crippen molar-refractivity contribution in [3.63, 3.8) is 0 Å². The monoisotopic (exact) mass is 422 g/mol. The second-order valence-corrected chi connectivity index (χ2v) is 8.00. The van der Waals surface area contributed by atoms with Crippen LogP contribution in [0.2, 0.25) is 0 Å². The third-order valence-corrected chi connectivity index (χ3v) is 5.85. The minimum absolute atomic E-state index is 0.586. The molecule has 0 amide bonds. The summed E-state index contributed by atoms with van der Waals surface area (Å²) >= 11 is 0. The number of hydrogen-bond acceptors (Lipinski definition) is 2. The van der Waals surface area contributed by atoms with Crippen molar-refractivity contribution < 1.29 is 13.2 Å². The lowest BCUT2D eigenvalue weighted by Gasteiger charge is -2.27. The zero-order valence-electron chi connectivity index (χ0n) is 17.5.